The number of amides is 1. The molecule has 2 aliphatic rings. The lowest BCUT2D eigenvalue weighted by Crippen LogP contribution is -2.54. The number of carbonyl (C=O) groups excluding carboxylic acids is 1. The number of benzene rings is 1. The van der Waals surface area contributed by atoms with Gasteiger partial charge < -0.3 is 10.2 Å². The Morgan fingerprint density at radius 1 is 1.25 bits per heavy atom. The Hall–Kier alpha value is -1.12. The lowest BCUT2D eigenvalue weighted by Gasteiger charge is -2.40. The number of nitrogens with zero attached hydrogens (tertiary/aromatic N) is 2. The maximum absolute atomic E-state index is 13.6. The minimum absolute atomic E-state index is 0.0150. The Bertz CT molecular complexity index is 842. The van der Waals surface area contributed by atoms with E-state index in [4.69, 9.17) is 23.2 Å². The number of carbonyl (C=O) groups is 1. The summed E-state index contributed by atoms with van der Waals surface area (Å²) < 4.78 is 28.5. The normalized spacial score (nSPS) is 26.2. The molecule has 2 saturated heterocycles. The fourth-order valence-corrected chi connectivity index (χ4v) is 6.74. The summed E-state index contributed by atoms with van der Waals surface area (Å²) >= 11 is 12.1. The molecule has 0 spiro atoms. The molecule has 6 nitrogen and oxygen atoms in total. The molecule has 1 aromatic rings. The van der Waals surface area contributed by atoms with Crippen LogP contribution in [-0.4, -0.2) is 62.3 Å². The van der Waals surface area contributed by atoms with E-state index in [1.54, 1.807) is 11.0 Å². The van der Waals surface area contributed by atoms with E-state index in [0.717, 1.165) is 6.42 Å². The SMILES string of the molecule is C=C[C@H]1CN(CCNC)C(=O)C2CCC[C@@H]1N2S(=O)(=O)c1cc(Cl)cc(Cl)c1. The van der Waals surface area contributed by atoms with Gasteiger partial charge in [-0.15, -0.1) is 6.58 Å². The van der Waals surface area contributed by atoms with Crippen LogP contribution in [0.4, 0.5) is 0 Å². The van der Waals surface area contributed by atoms with E-state index in [2.05, 4.69) is 11.9 Å². The predicted molar refractivity (Wildman–Crippen MR) is 111 cm³/mol. The van der Waals surface area contributed by atoms with Gasteiger partial charge in [-0.25, -0.2) is 8.42 Å². The minimum Gasteiger partial charge on any atom is -0.339 e. The van der Waals surface area contributed by atoms with Crippen molar-refractivity contribution in [1.82, 2.24) is 14.5 Å². The van der Waals surface area contributed by atoms with Gasteiger partial charge in [-0.05, 0) is 44.5 Å². The summed E-state index contributed by atoms with van der Waals surface area (Å²) in [5.74, 6) is -0.295. The van der Waals surface area contributed by atoms with E-state index in [9.17, 15) is 13.2 Å². The van der Waals surface area contributed by atoms with E-state index < -0.39 is 16.1 Å². The Morgan fingerprint density at radius 3 is 2.54 bits per heavy atom. The fourth-order valence-electron chi connectivity index (χ4n) is 4.14. The van der Waals surface area contributed by atoms with Gasteiger partial charge in [0.1, 0.15) is 6.04 Å². The second kappa shape index (κ2) is 8.71. The number of likely N-dealkylation sites (N-methyl/N-ethyl adjacent to an activating group) is 1. The van der Waals surface area contributed by atoms with Gasteiger partial charge in [-0.2, -0.15) is 4.31 Å². The fraction of sp³-hybridized carbons (Fsp3) is 0.526. The van der Waals surface area contributed by atoms with Gasteiger partial charge >= 0.3 is 0 Å². The molecule has 0 aliphatic carbocycles. The first-order valence-corrected chi connectivity index (χ1v) is 11.5. The third-order valence-corrected chi connectivity index (χ3v) is 7.83. The molecule has 2 bridgehead atoms. The quantitative estimate of drug-likeness (QED) is 0.683. The number of hydrogen-bond acceptors (Lipinski definition) is 4. The number of piperidine rings is 1. The summed E-state index contributed by atoms with van der Waals surface area (Å²) in [6, 6.07) is 3.22. The zero-order valence-corrected chi connectivity index (χ0v) is 18.1. The summed E-state index contributed by atoms with van der Waals surface area (Å²) in [5, 5.41) is 3.53. The molecule has 0 radical (unpaired) electrons. The minimum atomic E-state index is -3.96. The van der Waals surface area contributed by atoms with E-state index in [-0.39, 0.29) is 32.8 Å². The summed E-state index contributed by atoms with van der Waals surface area (Å²) in [6.07, 6.45) is 3.76. The first-order valence-electron chi connectivity index (χ1n) is 9.35. The molecule has 1 N–H and O–H groups in total. The lowest BCUT2D eigenvalue weighted by molar-refractivity contribution is -0.135. The van der Waals surface area contributed by atoms with Crippen molar-refractivity contribution < 1.29 is 13.2 Å². The largest absolute Gasteiger partial charge is 0.339 e. The summed E-state index contributed by atoms with van der Waals surface area (Å²) in [6.45, 7) is 5.55. The van der Waals surface area contributed by atoms with Gasteiger partial charge in [0, 0.05) is 41.6 Å². The highest BCUT2D eigenvalue weighted by Crippen LogP contribution is 2.38. The van der Waals surface area contributed by atoms with Crippen LogP contribution in [0.2, 0.25) is 10.0 Å². The van der Waals surface area contributed by atoms with E-state index in [1.807, 2.05) is 7.05 Å². The molecule has 2 fully saturated rings. The first kappa shape index (κ1) is 21.6. The van der Waals surface area contributed by atoms with Crippen LogP contribution in [0.3, 0.4) is 0 Å². The number of nitrogens with one attached hydrogen (secondary N) is 1. The van der Waals surface area contributed by atoms with Crippen LogP contribution in [-0.2, 0) is 14.8 Å². The lowest BCUT2D eigenvalue weighted by atomic mass is 9.90. The van der Waals surface area contributed by atoms with Crippen molar-refractivity contribution in [3.63, 3.8) is 0 Å². The molecular formula is C19H25Cl2N3O3S. The third kappa shape index (κ3) is 4.09. The highest BCUT2D eigenvalue weighted by atomic mass is 35.5. The van der Waals surface area contributed by atoms with E-state index >= 15 is 0 Å². The Balaban J connectivity index is 2.07. The molecule has 28 heavy (non-hydrogen) atoms. The van der Waals surface area contributed by atoms with Crippen molar-refractivity contribution in [2.45, 2.75) is 36.2 Å². The number of halogens is 2. The van der Waals surface area contributed by atoms with Crippen LogP contribution in [0, 0.1) is 5.92 Å². The van der Waals surface area contributed by atoms with Crippen molar-refractivity contribution in [1.29, 1.82) is 0 Å². The Kier molecular flexibility index (Phi) is 6.72. The first-order chi connectivity index (χ1) is 13.3. The van der Waals surface area contributed by atoms with Gasteiger partial charge in [0.25, 0.3) is 0 Å². The summed E-state index contributed by atoms with van der Waals surface area (Å²) in [4.78, 5) is 15.0. The van der Waals surface area contributed by atoms with Gasteiger partial charge in [0.05, 0.1) is 4.90 Å². The number of rotatable bonds is 6. The average Bonchev–Trinajstić information content (AvgIpc) is 2.72. The molecule has 154 valence electrons. The van der Waals surface area contributed by atoms with Crippen LogP contribution >= 0.6 is 23.2 Å². The zero-order chi connectivity index (χ0) is 20.5. The van der Waals surface area contributed by atoms with Crippen molar-refractivity contribution in [3.8, 4) is 0 Å². The smallest absolute Gasteiger partial charge is 0.244 e. The van der Waals surface area contributed by atoms with Gasteiger partial charge in [-0.1, -0.05) is 29.3 Å². The van der Waals surface area contributed by atoms with Crippen molar-refractivity contribution >= 4 is 39.1 Å². The van der Waals surface area contributed by atoms with Gasteiger partial charge in [0.15, 0.2) is 0 Å². The molecule has 1 aromatic carbocycles. The van der Waals surface area contributed by atoms with Gasteiger partial charge in [-0.3, -0.25) is 4.79 Å². The highest BCUT2D eigenvalue weighted by molar-refractivity contribution is 7.89. The van der Waals surface area contributed by atoms with Crippen LogP contribution in [0.25, 0.3) is 0 Å². The van der Waals surface area contributed by atoms with Crippen LogP contribution in [0.5, 0.6) is 0 Å². The Labute approximate surface area is 176 Å². The molecule has 0 saturated carbocycles. The third-order valence-electron chi connectivity index (χ3n) is 5.48. The molecule has 2 aliphatic heterocycles. The molecule has 3 atom stereocenters. The molecule has 3 rings (SSSR count). The molecule has 1 amide bonds. The molecule has 2 heterocycles. The van der Waals surface area contributed by atoms with Crippen LogP contribution in [0.15, 0.2) is 35.7 Å². The number of hydrogen-bond donors (Lipinski definition) is 1. The predicted octanol–water partition coefficient (Wildman–Crippen LogP) is 2.77. The van der Waals surface area contributed by atoms with E-state index in [0.29, 0.717) is 32.5 Å². The molecular weight excluding hydrogens is 421 g/mol. The molecule has 9 heteroatoms. The summed E-state index contributed by atoms with van der Waals surface area (Å²) in [5.41, 5.74) is 0. The number of fused-ring (bicyclic) bond motifs is 2. The second-order valence-electron chi connectivity index (χ2n) is 7.24. The Morgan fingerprint density at radius 2 is 1.93 bits per heavy atom. The van der Waals surface area contributed by atoms with Crippen molar-refractivity contribution in [3.05, 3.63) is 40.9 Å². The van der Waals surface area contributed by atoms with Gasteiger partial charge in [0.2, 0.25) is 15.9 Å². The van der Waals surface area contributed by atoms with Crippen molar-refractivity contribution in [2.75, 3.05) is 26.7 Å². The average molecular weight is 446 g/mol. The topological polar surface area (TPSA) is 69.7 Å². The van der Waals surface area contributed by atoms with E-state index in [1.165, 1.54) is 22.5 Å². The maximum atomic E-state index is 13.6. The van der Waals surface area contributed by atoms with Crippen molar-refractivity contribution in [2.24, 2.45) is 5.92 Å². The molecule has 0 aromatic heterocycles. The maximum Gasteiger partial charge on any atom is 0.244 e. The zero-order valence-electron chi connectivity index (χ0n) is 15.8. The second-order valence-corrected chi connectivity index (χ2v) is 9.96. The summed E-state index contributed by atoms with van der Waals surface area (Å²) in [7, 11) is -2.13. The van der Waals surface area contributed by atoms with Crippen LogP contribution < -0.4 is 5.32 Å². The standard InChI is InChI=1S/C19H25Cl2N3O3S/c1-3-13-12-23(8-7-22-2)19(25)18-6-4-5-17(13)24(18)28(26,27)16-10-14(20)9-15(21)11-16/h3,9-11,13,17-18,22H,1,4-8,12H2,2H3/t13-,17-,18?/m0/s1. The monoisotopic (exact) mass is 445 g/mol. The molecule has 1 unspecified atom stereocenters. The number of sulfonamides is 1. The highest BCUT2D eigenvalue weighted by Gasteiger charge is 2.49. The van der Waals surface area contributed by atoms with Crippen LogP contribution in [0.1, 0.15) is 19.3 Å².